The minimum absolute atomic E-state index is 0.432. The number of nitrogens with one attached hydrogen (secondary N) is 1. The van der Waals surface area contributed by atoms with E-state index in [4.69, 9.17) is 0 Å². The van der Waals surface area contributed by atoms with Crippen molar-refractivity contribution in [2.24, 2.45) is 0 Å². The molecule has 1 aliphatic heterocycles. The first kappa shape index (κ1) is 16.1. The van der Waals surface area contributed by atoms with Crippen LogP contribution in [0.25, 0.3) is 0 Å². The Morgan fingerprint density at radius 2 is 2.25 bits per heavy atom. The molecule has 1 unspecified atom stereocenters. The monoisotopic (exact) mass is 378 g/mol. The minimum atomic E-state index is -3.09. The second kappa shape index (κ2) is 6.68. The van der Waals surface area contributed by atoms with Crippen molar-refractivity contribution in [1.29, 1.82) is 0 Å². The Labute approximate surface area is 133 Å². The number of sulfone groups is 1. The number of anilines is 1. The Bertz CT molecular complexity index is 578. The molecule has 1 aromatic carbocycles. The third kappa shape index (κ3) is 3.69. The van der Waals surface area contributed by atoms with Gasteiger partial charge < -0.3 is 10.2 Å². The van der Waals surface area contributed by atoms with Crippen molar-refractivity contribution >= 4 is 43.2 Å². The van der Waals surface area contributed by atoms with Crippen LogP contribution in [0, 0.1) is 0 Å². The van der Waals surface area contributed by atoms with Gasteiger partial charge in [0.2, 0.25) is 0 Å². The molecule has 1 aromatic rings. The first-order chi connectivity index (χ1) is 9.43. The lowest BCUT2D eigenvalue weighted by Gasteiger charge is -2.37. The van der Waals surface area contributed by atoms with Gasteiger partial charge in [0.05, 0.1) is 0 Å². The Morgan fingerprint density at radius 3 is 2.90 bits per heavy atom. The molecule has 7 heteroatoms. The molecule has 0 aliphatic carbocycles. The van der Waals surface area contributed by atoms with Crippen molar-refractivity contribution in [2.75, 3.05) is 36.3 Å². The Kier molecular flexibility index (Phi) is 5.39. The van der Waals surface area contributed by atoms with Gasteiger partial charge in [-0.05, 0) is 30.8 Å². The van der Waals surface area contributed by atoms with Gasteiger partial charge in [0.15, 0.2) is 9.84 Å². The van der Waals surface area contributed by atoms with Gasteiger partial charge in [-0.25, -0.2) is 8.42 Å². The van der Waals surface area contributed by atoms with E-state index in [0.29, 0.717) is 5.75 Å². The summed E-state index contributed by atoms with van der Waals surface area (Å²) in [6.45, 7) is 1.48. The predicted molar refractivity (Wildman–Crippen MR) is 90.2 cm³/mol. The van der Waals surface area contributed by atoms with Crippen LogP contribution in [0.15, 0.2) is 22.7 Å². The lowest BCUT2D eigenvalue weighted by atomic mass is 10.1. The van der Waals surface area contributed by atoms with Crippen molar-refractivity contribution in [3.8, 4) is 0 Å². The molecule has 1 fully saturated rings. The number of thioether (sulfide) groups is 1. The first-order valence-electron chi connectivity index (χ1n) is 6.40. The number of hydrogen-bond donors (Lipinski definition) is 1. The molecule has 112 valence electrons. The quantitative estimate of drug-likeness (QED) is 0.868. The van der Waals surface area contributed by atoms with Crippen LogP contribution in [-0.2, 0) is 16.4 Å². The van der Waals surface area contributed by atoms with Crippen LogP contribution in [-0.4, -0.2) is 45.1 Å². The van der Waals surface area contributed by atoms with E-state index in [1.54, 1.807) is 11.8 Å². The maximum absolute atomic E-state index is 12.0. The van der Waals surface area contributed by atoms with Gasteiger partial charge in [-0.3, -0.25) is 0 Å². The summed E-state index contributed by atoms with van der Waals surface area (Å²) < 4.78 is 25.1. The number of halogens is 1. The van der Waals surface area contributed by atoms with E-state index in [-0.39, 0.29) is 0 Å². The van der Waals surface area contributed by atoms with Crippen molar-refractivity contribution in [3.63, 3.8) is 0 Å². The molecular weight excluding hydrogens is 360 g/mol. The fourth-order valence-electron chi connectivity index (χ4n) is 2.38. The lowest BCUT2D eigenvalue weighted by molar-refractivity contribution is 0.584. The second-order valence-electron chi connectivity index (χ2n) is 4.86. The Hall–Kier alpha value is -0.240. The zero-order chi connectivity index (χ0) is 14.8. The van der Waals surface area contributed by atoms with Crippen molar-refractivity contribution in [3.05, 3.63) is 28.2 Å². The van der Waals surface area contributed by atoms with Gasteiger partial charge in [0.1, 0.15) is 5.37 Å². The van der Waals surface area contributed by atoms with Crippen LogP contribution in [0.5, 0.6) is 0 Å². The summed E-state index contributed by atoms with van der Waals surface area (Å²) >= 11 is 5.18. The molecule has 0 amide bonds. The molecule has 1 N–H and O–H groups in total. The van der Waals surface area contributed by atoms with Gasteiger partial charge in [0.25, 0.3) is 0 Å². The van der Waals surface area contributed by atoms with Gasteiger partial charge >= 0.3 is 0 Å². The zero-order valence-electron chi connectivity index (χ0n) is 11.6. The van der Waals surface area contributed by atoms with Gasteiger partial charge in [-0.15, -0.1) is 0 Å². The van der Waals surface area contributed by atoms with E-state index in [1.807, 2.05) is 30.1 Å². The molecular formula is C13H19BrN2O2S2. The molecule has 20 heavy (non-hydrogen) atoms. The number of benzene rings is 1. The molecule has 0 bridgehead atoms. The molecule has 0 aromatic heterocycles. The number of rotatable bonds is 4. The summed E-state index contributed by atoms with van der Waals surface area (Å²) in [6.07, 6.45) is 1.33. The van der Waals surface area contributed by atoms with E-state index < -0.39 is 15.2 Å². The number of hydrogen-bond acceptors (Lipinski definition) is 5. The molecule has 1 saturated heterocycles. The van der Waals surface area contributed by atoms with Crippen LogP contribution >= 0.6 is 27.7 Å². The minimum Gasteiger partial charge on any atom is -0.353 e. The van der Waals surface area contributed by atoms with E-state index in [0.717, 1.165) is 34.6 Å². The van der Waals surface area contributed by atoms with Gasteiger partial charge in [-0.2, -0.15) is 11.8 Å². The molecule has 1 atom stereocenters. The highest BCUT2D eigenvalue weighted by molar-refractivity contribution is 9.10. The summed E-state index contributed by atoms with van der Waals surface area (Å²) in [5.41, 5.74) is 2.13. The SMILES string of the molecule is CNCc1cc(Br)ccc1N1CCSCC1S(C)(=O)=O. The highest BCUT2D eigenvalue weighted by atomic mass is 79.9. The smallest absolute Gasteiger partial charge is 0.169 e. The molecule has 1 heterocycles. The summed E-state index contributed by atoms with van der Waals surface area (Å²) in [7, 11) is -1.20. The summed E-state index contributed by atoms with van der Waals surface area (Å²) in [5.74, 6) is 1.59. The van der Waals surface area contributed by atoms with Gasteiger partial charge in [-0.1, -0.05) is 15.9 Å². The van der Waals surface area contributed by atoms with E-state index >= 15 is 0 Å². The average Bonchev–Trinajstić information content (AvgIpc) is 2.38. The van der Waals surface area contributed by atoms with E-state index in [1.165, 1.54) is 6.26 Å². The van der Waals surface area contributed by atoms with Crippen molar-refractivity contribution in [1.82, 2.24) is 5.32 Å². The molecule has 1 aliphatic rings. The molecule has 0 spiro atoms. The zero-order valence-corrected chi connectivity index (χ0v) is 14.8. The Morgan fingerprint density at radius 1 is 1.50 bits per heavy atom. The average molecular weight is 379 g/mol. The topological polar surface area (TPSA) is 49.4 Å². The van der Waals surface area contributed by atoms with Gasteiger partial charge in [0, 0.05) is 41.0 Å². The first-order valence-corrected chi connectivity index (χ1v) is 10.3. The number of nitrogens with zero attached hydrogens (tertiary/aromatic N) is 1. The van der Waals surface area contributed by atoms with Crippen LogP contribution in [0.3, 0.4) is 0 Å². The molecule has 2 rings (SSSR count). The van der Waals surface area contributed by atoms with Crippen LogP contribution < -0.4 is 10.2 Å². The van der Waals surface area contributed by atoms with Crippen LogP contribution in [0.1, 0.15) is 5.56 Å². The summed E-state index contributed by atoms with van der Waals surface area (Å²) in [6, 6.07) is 6.02. The largest absolute Gasteiger partial charge is 0.353 e. The second-order valence-corrected chi connectivity index (χ2v) is 9.12. The highest BCUT2D eigenvalue weighted by Gasteiger charge is 2.32. The summed E-state index contributed by atoms with van der Waals surface area (Å²) in [5, 5.41) is 2.71. The third-order valence-electron chi connectivity index (χ3n) is 3.30. The Balaban J connectivity index is 2.42. The van der Waals surface area contributed by atoms with Crippen molar-refractivity contribution in [2.45, 2.75) is 11.9 Å². The fourth-order valence-corrected chi connectivity index (χ4v) is 5.62. The van der Waals surface area contributed by atoms with E-state index in [9.17, 15) is 8.42 Å². The lowest BCUT2D eigenvalue weighted by Crippen LogP contribution is -2.47. The third-order valence-corrected chi connectivity index (χ3v) is 6.43. The molecule has 0 saturated carbocycles. The predicted octanol–water partition coefficient (Wildman–Crippen LogP) is 2.09. The highest BCUT2D eigenvalue weighted by Crippen LogP contribution is 2.31. The van der Waals surface area contributed by atoms with Crippen LogP contribution in [0.4, 0.5) is 5.69 Å². The summed E-state index contributed by atoms with van der Waals surface area (Å²) in [4.78, 5) is 2.03. The fraction of sp³-hybridized carbons (Fsp3) is 0.538. The molecule has 0 radical (unpaired) electrons. The standard InChI is InChI=1S/C13H19BrN2O2S2/c1-15-8-10-7-11(14)3-4-12(10)16-5-6-19-9-13(16)20(2,17)18/h3-4,7,13,15H,5-6,8-9H2,1-2H3. The molecule has 4 nitrogen and oxygen atoms in total. The maximum atomic E-state index is 12.0. The normalized spacial score (nSPS) is 20.1. The van der Waals surface area contributed by atoms with Crippen LogP contribution in [0.2, 0.25) is 0 Å². The van der Waals surface area contributed by atoms with Crippen molar-refractivity contribution < 1.29 is 8.42 Å². The van der Waals surface area contributed by atoms with E-state index in [2.05, 4.69) is 21.2 Å². The maximum Gasteiger partial charge on any atom is 0.169 e.